The fraction of sp³-hybridized carbons (Fsp3) is 0.350. The summed E-state index contributed by atoms with van der Waals surface area (Å²) in [5, 5.41) is 1.14. The molecule has 140 valence electrons. The lowest BCUT2D eigenvalue weighted by atomic mass is 9.93. The topological polar surface area (TPSA) is 20.3 Å². The summed E-state index contributed by atoms with van der Waals surface area (Å²) in [6, 6.07) is 11.5. The van der Waals surface area contributed by atoms with E-state index in [0.717, 1.165) is 11.1 Å². The van der Waals surface area contributed by atoms with E-state index in [1.165, 1.54) is 12.1 Å². The maximum absolute atomic E-state index is 13.1. The average Bonchev–Trinajstić information content (AvgIpc) is 2.61. The highest BCUT2D eigenvalue weighted by atomic mass is 35.5. The quantitative estimate of drug-likeness (QED) is 0.509. The number of alkyl halides is 1. The van der Waals surface area contributed by atoms with E-state index in [-0.39, 0.29) is 17.6 Å². The Labute approximate surface area is 168 Å². The molecule has 0 heterocycles. The second-order valence-electron chi connectivity index (χ2n) is 6.86. The zero-order valence-corrected chi connectivity index (χ0v) is 17.0. The minimum Gasteiger partial charge on any atom is -0.338 e. The molecule has 0 saturated carbocycles. The summed E-state index contributed by atoms with van der Waals surface area (Å²) in [7, 11) is 0. The molecule has 0 unspecified atom stereocenters. The smallest absolute Gasteiger partial charge is 0.229 e. The van der Waals surface area contributed by atoms with Crippen LogP contribution in [0.4, 0.5) is 4.39 Å². The van der Waals surface area contributed by atoms with Gasteiger partial charge in [0.1, 0.15) is 5.82 Å². The van der Waals surface area contributed by atoms with Crippen molar-refractivity contribution >= 4 is 40.7 Å². The van der Waals surface area contributed by atoms with Crippen molar-refractivity contribution in [3.8, 4) is 0 Å². The van der Waals surface area contributed by atoms with Crippen molar-refractivity contribution in [2.75, 3.05) is 12.4 Å². The van der Waals surface area contributed by atoms with E-state index in [2.05, 4.69) is 0 Å². The molecule has 0 fully saturated rings. The first-order valence-electron chi connectivity index (χ1n) is 8.26. The highest BCUT2D eigenvalue weighted by Crippen LogP contribution is 2.25. The monoisotopic (exact) mass is 415 g/mol. The van der Waals surface area contributed by atoms with Crippen molar-refractivity contribution in [3.05, 3.63) is 69.5 Å². The van der Waals surface area contributed by atoms with Gasteiger partial charge in [0.25, 0.3) is 0 Å². The summed E-state index contributed by atoms with van der Waals surface area (Å²) in [6.45, 7) is 4.48. The van der Waals surface area contributed by atoms with Gasteiger partial charge in [0.05, 0.1) is 5.41 Å². The molecule has 0 atom stereocenters. The van der Waals surface area contributed by atoms with Crippen LogP contribution in [-0.2, 0) is 17.8 Å². The van der Waals surface area contributed by atoms with Gasteiger partial charge in [-0.15, -0.1) is 11.6 Å². The summed E-state index contributed by atoms with van der Waals surface area (Å²) in [5.41, 5.74) is 1.08. The number of hydrogen-bond donors (Lipinski definition) is 0. The standard InChI is InChI=1S/C20H21Cl3FNO/c1-20(2,13-21)19(26)25(12-14-3-7-17(24)8-4-14)10-9-15-5-6-16(22)11-18(15)23/h3-8,11H,9-10,12-13H2,1-2H3. The molecule has 0 saturated heterocycles. The highest BCUT2D eigenvalue weighted by molar-refractivity contribution is 6.35. The summed E-state index contributed by atoms with van der Waals surface area (Å²) < 4.78 is 13.1. The summed E-state index contributed by atoms with van der Waals surface area (Å²) >= 11 is 18.2. The number of nitrogens with zero attached hydrogens (tertiary/aromatic N) is 1. The molecule has 6 heteroatoms. The SMILES string of the molecule is CC(C)(CCl)C(=O)N(CCc1ccc(Cl)cc1Cl)Cc1ccc(F)cc1. The molecule has 0 bridgehead atoms. The van der Waals surface area contributed by atoms with Gasteiger partial charge in [0.2, 0.25) is 5.91 Å². The predicted octanol–water partition coefficient (Wildman–Crippen LogP) is 5.97. The van der Waals surface area contributed by atoms with E-state index in [1.807, 2.05) is 19.9 Å². The lowest BCUT2D eigenvalue weighted by Crippen LogP contribution is -2.42. The van der Waals surface area contributed by atoms with Gasteiger partial charge < -0.3 is 4.90 Å². The van der Waals surface area contributed by atoms with Crippen LogP contribution >= 0.6 is 34.8 Å². The fourth-order valence-electron chi connectivity index (χ4n) is 2.53. The van der Waals surface area contributed by atoms with Crippen molar-refractivity contribution < 1.29 is 9.18 Å². The summed E-state index contributed by atoms with van der Waals surface area (Å²) in [4.78, 5) is 14.7. The molecule has 2 aromatic rings. The van der Waals surface area contributed by atoms with E-state index in [1.54, 1.807) is 29.2 Å². The Hall–Kier alpha value is -1.29. The van der Waals surface area contributed by atoms with E-state index in [9.17, 15) is 9.18 Å². The van der Waals surface area contributed by atoms with Crippen LogP contribution < -0.4 is 0 Å². The summed E-state index contributed by atoms with van der Waals surface area (Å²) in [5.74, 6) is -0.143. The predicted molar refractivity (Wildman–Crippen MR) is 106 cm³/mol. The third-order valence-corrected chi connectivity index (χ3v) is 5.41. The zero-order chi connectivity index (χ0) is 19.3. The Morgan fingerprint density at radius 2 is 1.77 bits per heavy atom. The molecule has 0 aromatic heterocycles. The van der Waals surface area contributed by atoms with Crippen LogP contribution in [-0.4, -0.2) is 23.2 Å². The summed E-state index contributed by atoms with van der Waals surface area (Å²) in [6.07, 6.45) is 0.585. The number of rotatable bonds is 7. The Morgan fingerprint density at radius 3 is 2.35 bits per heavy atom. The molecule has 0 spiro atoms. The van der Waals surface area contributed by atoms with Crippen LogP contribution in [0.1, 0.15) is 25.0 Å². The number of carbonyl (C=O) groups excluding carboxylic acids is 1. The fourth-order valence-corrected chi connectivity index (χ4v) is 3.14. The molecule has 0 aliphatic carbocycles. The molecule has 26 heavy (non-hydrogen) atoms. The van der Waals surface area contributed by atoms with Gasteiger partial charge in [0.15, 0.2) is 0 Å². The van der Waals surface area contributed by atoms with Crippen LogP contribution in [0.25, 0.3) is 0 Å². The number of halogens is 4. The maximum atomic E-state index is 13.1. The molecule has 0 aliphatic rings. The van der Waals surface area contributed by atoms with Gasteiger partial charge in [-0.25, -0.2) is 4.39 Å². The highest BCUT2D eigenvalue weighted by Gasteiger charge is 2.31. The first-order chi connectivity index (χ1) is 12.2. The van der Waals surface area contributed by atoms with Crippen LogP contribution in [0, 0.1) is 11.2 Å². The van der Waals surface area contributed by atoms with Gasteiger partial charge in [-0.05, 0) is 55.7 Å². The van der Waals surface area contributed by atoms with E-state index < -0.39 is 5.41 Å². The number of hydrogen-bond acceptors (Lipinski definition) is 1. The van der Waals surface area contributed by atoms with Gasteiger partial charge in [-0.3, -0.25) is 4.79 Å². The van der Waals surface area contributed by atoms with Crippen molar-refractivity contribution in [1.82, 2.24) is 4.90 Å². The van der Waals surface area contributed by atoms with Crippen LogP contribution in [0.5, 0.6) is 0 Å². The molecular formula is C20H21Cl3FNO. The molecule has 2 nitrogen and oxygen atoms in total. The van der Waals surface area contributed by atoms with Crippen LogP contribution in [0.15, 0.2) is 42.5 Å². The Balaban J connectivity index is 2.19. The van der Waals surface area contributed by atoms with Gasteiger partial charge in [0, 0.05) is 29.0 Å². The van der Waals surface area contributed by atoms with Gasteiger partial charge in [-0.2, -0.15) is 0 Å². The Bertz CT molecular complexity index is 762. The van der Waals surface area contributed by atoms with Crippen molar-refractivity contribution in [2.24, 2.45) is 5.41 Å². The lowest BCUT2D eigenvalue weighted by molar-refractivity contribution is -0.139. The molecule has 0 radical (unpaired) electrons. The normalized spacial score (nSPS) is 11.5. The average molecular weight is 417 g/mol. The van der Waals surface area contributed by atoms with Crippen molar-refractivity contribution in [3.63, 3.8) is 0 Å². The Kier molecular flexibility index (Phi) is 7.33. The second kappa shape index (κ2) is 9.07. The van der Waals surface area contributed by atoms with Crippen molar-refractivity contribution in [2.45, 2.75) is 26.8 Å². The molecular weight excluding hydrogens is 396 g/mol. The maximum Gasteiger partial charge on any atom is 0.229 e. The number of amides is 1. The van der Waals surface area contributed by atoms with Crippen LogP contribution in [0.3, 0.4) is 0 Å². The van der Waals surface area contributed by atoms with E-state index in [4.69, 9.17) is 34.8 Å². The minimum absolute atomic E-state index is 0.0538. The third-order valence-electron chi connectivity index (χ3n) is 4.15. The molecule has 1 amide bonds. The molecule has 2 aromatic carbocycles. The van der Waals surface area contributed by atoms with Crippen molar-refractivity contribution in [1.29, 1.82) is 0 Å². The first-order valence-corrected chi connectivity index (χ1v) is 9.55. The van der Waals surface area contributed by atoms with Gasteiger partial charge in [-0.1, -0.05) is 41.4 Å². The number of benzene rings is 2. The van der Waals surface area contributed by atoms with E-state index in [0.29, 0.717) is 29.6 Å². The second-order valence-corrected chi connectivity index (χ2v) is 7.97. The first kappa shape index (κ1) is 21.0. The number of carbonyl (C=O) groups is 1. The third kappa shape index (κ3) is 5.60. The van der Waals surface area contributed by atoms with E-state index >= 15 is 0 Å². The minimum atomic E-state index is -0.689. The molecule has 0 aliphatic heterocycles. The Morgan fingerprint density at radius 1 is 1.12 bits per heavy atom. The van der Waals surface area contributed by atoms with Crippen LogP contribution in [0.2, 0.25) is 10.0 Å². The zero-order valence-electron chi connectivity index (χ0n) is 14.7. The lowest BCUT2D eigenvalue weighted by Gasteiger charge is -2.31. The molecule has 0 N–H and O–H groups in total. The largest absolute Gasteiger partial charge is 0.338 e. The van der Waals surface area contributed by atoms with Gasteiger partial charge >= 0.3 is 0 Å². The molecule has 2 rings (SSSR count).